The van der Waals surface area contributed by atoms with E-state index in [0.717, 1.165) is 0 Å². The molecule has 23 heavy (non-hydrogen) atoms. The monoisotopic (exact) mass is 334 g/mol. The first-order valence-corrected chi connectivity index (χ1v) is 8.63. The topological polar surface area (TPSA) is 69.7 Å². The molecule has 2 unspecified atom stereocenters. The maximum Gasteiger partial charge on any atom is 0.325 e. The van der Waals surface area contributed by atoms with Gasteiger partial charge in [-0.1, -0.05) is 24.1 Å². The molecule has 1 aromatic rings. The lowest BCUT2D eigenvalue weighted by Crippen LogP contribution is -2.48. The van der Waals surface area contributed by atoms with E-state index >= 15 is 0 Å². The Balaban J connectivity index is 2.52. The van der Waals surface area contributed by atoms with Crippen molar-refractivity contribution in [1.82, 2.24) is 0 Å². The third-order valence-corrected chi connectivity index (χ3v) is 4.39. The Morgan fingerprint density at radius 1 is 1.17 bits per heavy atom. The fourth-order valence-electron chi connectivity index (χ4n) is 2.50. The molecule has 0 spiro atoms. The van der Waals surface area contributed by atoms with E-state index in [1.165, 1.54) is 20.1 Å². The maximum atomic E-state index is 12.3. The zero-order valence-electron chi connectivity index (χ0n) is 13.4. The highest BCUT2D eigenvalue weighted by Crippen LogP contribution is 2.35. The Hall–Kier alpha value is -2.13. The molecule has 6 heteroatoms. The fourth-order valence-corrected chi connectivity index (χ4v) is 3.29. The van der Waals surface area contributed by atoms with E-state index in [-0.39, 0.29) is 0 Å². The maximum absolute atomic E-state index is 12.3. The molecule has 1 fully saturated rings. The number of carbonyl (C=O) groups is 2. The van der Waals surface area contributed by atoms with E-state index in [1.807, 2.05) is 0 Å². The summed E-state index contributed by atoms with van der Waals surface area (Å²) < 4.78 is 22.3. The van der Waals surface area contributed by atoms with Gasteiger partial charge >= 0.3 is 11.9 Å². The first-order valence-electron chi connectivity index (χ1n) is 7.07. The second-order valence-corrected chi connectivity index (χ2v) is 6.93. The Labute approximate surface area is 137 Å². The van der Waals surface area contributed by atoms with E-state index in [2.05, 4.69) is 11.8 Å². The zero-order valence-corrected chi connectivity index (χ0v) is 14.2. The van der Waals surface area contributed by atoms with E-state index in [0.29, 0.717) is 10.5 Å². The van der Waals surface area contributed by atoms with Crippen molar-refractivity contribution in [2.24, 2.45) is 5.92 Å². The Morgan fingerprint density at radius 3 is 2.26 bits per heavy atom. The smallest absolute Gasteiger partial charge is 0.325 e. The number of hydrogen-bond donors (Lipinski definition) is 0. The fraction of sp³-hybridized carbons (Fsp3) is 0.412. The molecule has 5 nitrogen and oxygen atoms in total. The highest BCUT2D eigenvalue weighted by atomic mass is 32.2. The SMILES string of the molecule is CC#CC(c1ccccc1S(C)=O)C1C(=O)OC(C)(C)OC1=O. The molecule has 0 bridgehead atoms. The Morgan fingerprint density at radius 2 is 1.74 bits per heavy atom. The van der Waals surface area contributed by atoms with Crippen LogP contribution in [-0.2, 0) is 29.9 Å². The predicted molar refractivity (Wildman–Crippen MR) is 84.7 cm³/mol. The van der Waals surface area contributed by atoms with Crippen molar-refractivity contribution in [3.05, 3.63) is 29.8 Å². The summed E-state index contributed by atoms with van der Waals surface area (Å²) in [6.07, 6.45) is 1.54. The van der Waals surface area contributed by atoms with Gasteiger partial charge in [-0.3, -0.25) is 13.8 Å². The predicted octanol–water partition coefficient (Wildman–Crippen LogP) is 1.98. The molecular weight excluding hydrogens is 316 g/mol. The molecular formula is C17H18O5S. The van der Waals surface area contributed by atoms with Crippen LogP contribution in [0.4, 0.5) is 0 Å². The minimum atomic E-state index is -1.29. The molecule has 0 aromatic heterocycles. The normalized spacial score (nSPS) is 19.8. The largest absolute Gasteiger partial charge is 0.422 e. The lowest BCUT2D eigenvalue weighted by molar-refractivity contribution is -0.240. The van der Waals surface area contributed by atoms with Gasteiger partial charge in [0.05, 0.1) is 16.7 Å². The summed E-state index contributed by atoms with van der Waals surface area (Å²) in [6.45, 7) is 4.60. The number of esters is 2. The van der Waals surface area contributed by atoms with Gasteiger partial charge in [0.2, 0.25) is 0 Å². The third-order valence-electron chi connectivity index (χ3n) is 3.40. The van der Waals surface area contributed by atoms with Crippen LogP contribution in [-0.4, -0.2) is 28.2 Å². The van der Waals surface area contributed by atoms with Gasteiger partial charge in [0.1, 0.15) is 0 Å². The number of benzene rings is 1. The minimum absolute atomic E-state index is 0.533. The van der Waals surface area contributed by atoms with Gasteiger partial charge in [-0.25, -0.2) is 0 Å². The first kappa shape index (κ1) is 17.2. The Kier molecular flexibility index (Phi) is 4.90. The van der Waals surface area contributed by atoms with Crippen LogP contribution in [0.15, 0.2) is 29.2 Å². The molecule has 2 rings (SSSR count). The van der Waals surface area contributed by atoms with Gasteiger partial charge in [0.15, 0.2) is 5.92 Å². The van der Waals surface area contributed by atoms with E-state index in [4.69, 9.17) is 9.47 Å². The standard InChI is InChI=1S/C17H18O5S/c1-5-8-12(11-9-6-7-10-13(11)23(4)20)14-15(18)21-17(2,3)22-16(14)19/h6-7,9-10,12,14H,1-4H3. The van der Waals surface area contributed by atoms with Crippen molar-refractivity contribution in [1.29, 1.82) is 0 Å². The van der Waals surface area contributed by atoms with Gasteiger partial charge in [-0.2, -0.15) is 0 Å². The van der Waals surface area contributed by atoms with Crippen LogP contribution in [0.1, 0.15) is 32.3 Å². The number of cyclic esters (lactones) is 2. The van der Waals surface area contributed by atoms with Gasteiger partial charge < -0.3 is 9.47 Å². The molecule has 0 amide bonds. The van der Waals surface area contributed by atoms with Crippen LogP contribution < -0.4 is 0 Å². The van der Waals surface area contributed by atoms with Crippen LogP contribution in [0.25, 0.3) is 0 Å². The summed E-state index contributed by atoms with van der Waals surface area (Å²) in [5.74, 6) is 0.973. The van der Waals surface area contributed by atoms with Crippen molar-refractivity contribution in [2.75, 3.05) is 6.26 Å². The number of rotatable bonds is 3. The molecule has 1 aliphatic rings. The van der Waals surface area contributed by atoms with Crippen LogP contribution >= 0.6 is 0 Å². The van der Waals surface area contributed by atoms with E-state index in [9.17, 15) is 13.8 Å². The van der Waals surface area contributed by atoms with Gasteiger partial charge in [0.25, 0.3) is 5.79 Å². The second kappa shape index (κ2) is 6.55. The second-order valence-electron chi connectivity index (χ2n) is 5.58. The molecule has 1 heterocycles. The van der Waals surface area contributed by atoms with Crippen molar-refractivity contribution in [3.8, 4) is 11.8 Å². The van der Waals surface area contributed by atoms with Crippen molar-refractivity contribution in [2.45, 2.75) is 37.4 Å². The van der Waals surface area contributed by atoms with Crippen LogP contribution in [0.2, 0.25) is 0 Å². The molecule has 1 aromatic carbocycles. The molecule has 0 saturated carbocycles. The lowest BCUT2D eigenvalue weighted by Gasteiger charge is -2.34. The molecule has 0 aliphatic carbocycles. The molecule has 0 radical (unpaired) electrons. The summed E-state index contributed by atoms with van der Waals surface area (Å²) in [5.41, 5.74) is 0.571. The highest BCUT2D eigenvalue weighted by Gasteiger charge is 2.47. The number of ether oxygens (including phenoxy) is 2. The van der Waals surface area contributed by atoms with Crippen molar-refractivity contribution < 1.29 is 23.3 Å². The minimum Gasteiger partial charge on any atom is -0.422 e. The molecule has 2 atom stereocenters. The molecule has 1 aliphatic heterocycles. The highest BCUT2D eigenvalue weighted by molar-refractivity contribution is 7.84. The number of carbonyl (C=O) groups excluding carboxylic acids is 2. The average Bonchev–Trinajstić information content (AvgIpc) is 2.44. The van der Waals surface area contributed by atoms with Crippen LogP contribution in [0.3, 0.4) is 0 Å². The summed E-state index contributed by atoms with van der Waals surface area (Å²) >= 11 is 0. The van der Waals surface area contributed by atoms with Crippen molar-refractivity contribution >= 4 is 22.7 Å². The quantitative estimate of drug-likeness (QED) is 0.480. The first-order chi connectivity index (χ1) is 10.8. The summed E-state index contributed by atoms with van der Waals surface area (Å²) in [7, 11) is -1.28. The van der Waals surface area contributed by atoms with Crippen LogP contribution in [0, 0.1) is 17.8 Å². The number of hydrogen-bond acceptors (Lipinski definition) is 5. The molecule has 122 valence electrons. The Bertz CT molecular complexity index is 706. The van der Waals surface area contributed by atoms with Crippen LogP contribution in [0.5, 0.6) is 0 Å². The summed E-state index contributed by atoms with van der Waals surface area (Å²) in [6, 6.07) is 6.90. The van der Waals surface area contributed by atoms with Crippen molar-refractivity contribution in [3.63, 3.8) is 0 Å². The van der Waals surface area contributed by atoms with E-state index < -0.39 is 40.4 Å². The van der Waals surface area contributed by atoms with E-state index in [1.54, 1.807) is 31.2 Å². The summed E-state index contributed by atoms with van der Waals surface area (Å²) in [5, 5.41) is 0. The third kappa shape index (κ3) is 3.62. The van der Waals surface area contributed by atoms with Gasteiger partial charge in [-0.15, -0.1) is 5.92 Å². The summed E-state index contributed by atoms with van der Waals surface area (Å²) in [4.78, 5) is 25.2. The van der Waals surface area contributed by atoms with Gasteiger partial charge in [-0.05, 0) is 18.6 Å². The average molecular weight is 334 g/mol. The lowest BCUT2D eigenvalue weighted by atomic mass is 9.85. The molecule has 0 N–H and O–H groups in total. The molecule has 1 saturated heterocycles. The van der Waals surface area contributed by atoms with Gasteiger partial charge in [0, 0.05) is 25.0 Å². The zero-order chi connectivity index (χ0) is 17.2.